The summed E-state index contributed by atoms with van der Waals surface area (Å²) < 4.78 is 0.957. The smallest absolute Gasteiger partial charge is 0.226 e. The molecule has 0 bridgehead atoms. The molecule has 0 radical (unpaired) electrons. The first-order chi connectivity index (χ1) is 7.27. The van der Waals surface area contributed by atoms with Crippen molar-refractivity contribution < 1.29 is 4.79 Å². The lowest BCUT2D eigenvalue weighted by molar-refractivity contribution is -0.125. The molecule has 0 aliphatic carbocycles. The molecule has 2 rings (SSSR count). The van der Waals surface area contributed by atoms with E-state index in [4.69, 9.17) is 0 Å². The molecule has 3 heteroatoms. The first-order valence-electron chi connectivity index (χ1n) is 4.99. The highest BCUT2D eigenvalue weighted by molar-refractivity contribution is 9.15. The largest absolute Gasteiger partial charge is 0.318 e. The van der Waals surface area contributed by atoms with Gasteiger partial charge in [-0.1, -0.05) is 30.3 Å². The van der Waals surface area contributed by atoms with Crippen molar-refractivity contribution >= 4 is 26.3 Å². The first kappa shape index (κ1) is 10.4. The number of carbonyl (C=O) groups is 1. The van der Waals surface area contributed by atoms with Crippen molar-refractivity contribution in [2.75, 3.05) is 6.54 Å². The minimum Gasteiger partial charge on any atom is -0.318 e. The summed E-state index contributed by atoms with van der Waals surface area (Å²) in [7, 11) is 0. The van der Waals surface area contributed by atoms with Gasteiger partial charge >= 0.3 is 0 Å². The van der Waals surface area contributed by atoms with Crippen LogP contribution < -0.4 is 0 Å². The molecule has 15 heavy (non-hydrogen) atoms. The Morgan fingerprint density at radius 2 is 2.07 bits per heavy atom. The number of amides is 1. The third-order valence-electron chi connectivity index (χ3n) is 2.43. The number of nitrogens with zero attached hydrogens (tertiary/aromatic N) is 1. The molecule has 78 valence electrons. The van der Waals surface area contributed by atoms with Gasteiger partial charge in [-0.2, -0.15) is 0 Å². The molecular formula is C12H12BrNO. The maximum absolute atomic E-state index is 11.4. The van der Waals surface area contributed by atoms with Crippen LogP contribution in [0.15, 0.2) is 36.5 Å². The van der Waals surface area contributed by atoms with Gasteiger partial charge in [-0.05, 0) is 27.9 Å². The van der Waals surface area contributed by atoms with Crippen LogP contribution in [0, 0.1) is 0 Å². The number of carbonyl (C=O) groups excluding carboxylic acids is 1. The topological polar surface area (TPSA) is 20.3 Å². The lowest BCUT2D eigenvalue weighted by atomic mass is 10.2. The SMILES string of the molecule is O=C1CCCN1/C=C(/Br)c1ccccc1. The molecule has 2 nitrogen and oxygen atoms in total. The van der Waals surface area contributed by atoms with Gasteiger partial charge in [0.15, 0.2) is 0 Å². The zero-order valence-electron chi connectivity index (χ0n) is 8.32. The summed E-state index contributed by atoms with van der Waals surface area (Å²) in [5.74, 6) is 0.211. The number of hydrogen-bond acceptors (Lipinski definition) is 1. The summed E-state index contributed by atoms with van der Waals surface area (Å²) in [6.45, 7) is 0.834. The molecule has 1 aliphatic rings. The van der Waals surface area contributed by atoms with E-state index >= 15 is 0 Å². The second-order valence-corrected chi connectivity index (χ2v) is 4.39. The fraction of sp³-hybridized carbons (Fsp3) is 0.250. The highest BCUT2D eigenvalue weighted by atomic mass is 79.9. The number of benzene rings is 1. The average Bonchev–Trinajstić information content (AvgIpc) is 2.66. The molecule has 1 aromatic rings. The number of likely N-dealkylation sites (tertiary alicyclic amines) is 1. The van der Waals surface area contributed by atoms with Gasteiger partial charge in [0.2, 0.25) is 5.91 Å². The Hall–Kier alpha value is -1.09. The lowest BCUT2D eigenvalue weighted by Gasteiger charge is -2.10. The molecule has 0 atom stereocenters. The van der Waals surface area contributed by atoms with E-state index in [1.54, 1.807) is 4.90 Å². The van der Waals surface area contributed by atoms with E-state index in [0.29, 0.717) is 6.42 Å². The van der Waals surface area contributed by atoms with Crippen molar-refractivity contribution in [3.05, 3.63) is 42.1 Å². The third-order valence-corrected chi connectivity index (χ3v) is 3.09. The molecule has 1 amide bonds. The molecule has 1 aromatic carbocycles. The van der Waals surface area contributed by atoms with Gasteiger partial charge in [-0.3, -0.25) is 4.79 Å². The molecule has 1 heterocycles. The van der Waals surface area contributed by atoms with E-state index < -0.39 is 0 Å². The molecule has 0 N–H and O–H groups in total. The van der Waals surface area contributed by atoms with E-state index in [1.807, 2.05) is 36.5 Å². The molecule has 0 spiro atoms. The molecule has 0 unspecified atom stereocenters. The monoisotopic (exact) mass is 265 g/mol. The van der Waals surface area contributed by atoms with Gasteiger partial charge < -0.3 is 4.90 Å². The summed E-state index contributed by atoms with van der Waals surface area (Å²) in [5.41, 5.74) is 1.09. The van der Waals surface area contributed by atoms with E-state index in [1.165, 1.54) is 0 Å². The molecule has 0 saturated carbocycles. The summed E-state index contributed by atoms with van der Waals surface area (Å²) >= 11 is 3.49. The standard InChI is InChI=1S/C12H12BrNO/c13-11(10-5-2-1-3-6-10)9-14-8-4-7-12(14)15/h1-3,5-6,9H,4,7-8H2/b11-9+. The minimum atomic E-state index is 0.211. The lowest BCUT2D eigenvalue weighted by Crippen LogP contribution is -2.17. The van der Waals surface area contributed by atoms with Crippen LogP contribution in [0.5, 0.6) is 0 Å². The van der Waals surface area contributed by atoms with E-state index in [0.717, 1.165) is 23.0 Å². The second kappa shape index (κ2) is 4.62. The Kier molecular flexibility index (Phi) is 3.21. The van der Waals surface area contributed by atoms with Crippen molar-refractivity contribution in [1.29, 1.82) is 0 Å². The summed E-state index contributed by atoms with van der Waals surface area (Å²) in [4.78, 5) is 13.2. The van der Waals surface area contributed by atoms with Crippen LogP contribution in [-0.4, -0.2) is 17.4 Å². The van der Waals surface area contributed by atoms with Gasteiger partial charge in [-0.25, -0.2) is 0 Å². The Morgan fingerprint density at radius 1 is 1.33 bits per heavy atom. The van der Waals surface area contributed by atoms with Crippen molar-refractivity contribution in [1.82, 2.24) is 4.90 Å². The van der Waals surface area contributed by atoms with Crippen LogP contribution in [0.1, 0.15) is 18.4 Å². The Morgan fingerprint density at radius 3 is 2.67 bits per heavy atom. The molecule has 1 aliphatic heterocycles. The van der Waals surface area contributed by atoms with Crippen LogP contribution in [0.2, 0.25) is 0 Å². The second-order valence-electron chi connectivity index (χ2n) is 3.53. The summed E-state index contributed by atoms with van der Waals surface area (Å²) in [5, 5.41) is 0. The molecule has 0 aromatic heterocycles. The number of halogens is 1. The average molecular weight is 266 g/mol. The summed E-state index contributed by atoms with van der Waals surface area (Å²) in [6, 6.07) is 9.97. The molecular weight excluding hydrogens is 254 g/mol. The number of hydrogen-bond donors (Lipinski definition) is 0. The summed E-state index contributed by atoms with van der Waals surface area (Å²) in [6.07, 6.45) is 3.51. The zero-order chi connectivity index (χ0) is 10.7. The Balaban J connectivity index is 2.17. The molecule has 1 fully saturated rings. The molecule has 1 saturated heterocycles. The highest BCUT2D eigenvalue weighted by Gasteiger charge is 2.18. The first-order valence-corrected chi connectivity index (χ1v) is 5.79. The van der Waals surface area contributed by atoms with Crippen molar-refractivity contribution in [2.45, 2.75) is 12.8 Å². The van der Waals surface area contributed by atoms with E-state index in [-0.39, 0.29) is 5.91 Å². The predicted molar refractivity (Wildman–Crippen MR) is 64.3 cm³/mol. The van der Waals surface area contributed by atoms with Gasteiger partial charge in [-0.15, -0.1) is 0 Å². The van der Waals surface area contributed by atoms with Crippen LogP contribution in [0.25, 0.3) is 4.48 Å². The quantitative estimate of drug-likeness (QED) is 0.805. The Bertz CT molecular complexity index is 386. The minimum absolute atomic E-state index is 0.211. The van der Waals surface area contributed by atoms with Crippen LogP contribution in [0.3, 0.4) is 0 Å². The van der Waals surface area contributed by atoms with Gasteiger partial charge in [0, 0.05) is 23.6 Å². The van der Waals surface area contributed by atoms with E-state index in [9.17, 15) is 4.79 Å². The van der Waals surface area contributed by atoms with Crippen LogP contribution in [0.4, 0.5) is 0 Å². The van der Waals surface area contributed by atoms with Gasteiger partial charge in [0.25, 0.3) is 0 Å². The van der Waals surface area contributed by atoms with Crippen LogP contribution >= 0.6 is 15.9 Å². The fourth-order valence-corrected chi connectivity index (χ4v) is 2.13. The highest BCUT2D eigenvalue weighted by Crippen LogP contribution is 2.23. The van der Waals surface area contributed by atoms with Crippen LogP contribution in [-0.2, 0) is 4.79 Å². The van der Waals surface area contributed by atoms with Crippen molar-refractivity contribution in [3.63, 3.8) is 0 Å². The fourth-order valence-electron chi connectivity index (χ4n) is 1.61. The van der Waals surface area contributed by atoms with Gasteiger partial charge in [0.05, 0.1) is 0 Å². The maximum atomic E-state index is 11.4. The van der Waals surface area contributed by atoms with Gasteiger partial charge in [0.1, 0.15) is 0 Å². The van der Waals surface area contributed by atoms with Crippen molar-refractivity contribution in [2.24, 2.45) is 0 Å². The number of rotatable bonds is 2. The zero-order valence-corrected chi connectivity index (χ0v) is 9.90. The van der Waals surface area contributed by atoms with Crippen molar-refractivity contribution in [3.8, 4) is 0 Å². The predicted octanol–water partition coefficient (Wildman–Crippen LogP) is 3.00. The Labute approximate surface area is 97.7 Å². The van der Waals surface area contributed by atoms with E-state index in [2.05, 4.69) is 15.9 Å². The third kappa shape index (κ3) is 2.48. The maximum Gasteiger partial charge on any atom is 0.226 e. The normalized spacial score (nSPS) is 17.3.